The summed E-state index contributed by atoms with van der Waals surface area (Å²) in [6.07, 6.45) is 11.0. The van der Waals surface area contributed by atoms with Crippen molar-refractivity contribution in [1.82, 2.24) is 4.90 Å². The predicted molar refractivity (Wildman–Crippen MR) is 95.2 cm³/mol. The Balaban J connectivity index is 0.00000242. The molecule has 1 saturated carbocycles. The number of rotatable bonds is 6. The van der Waals surface area contributed by atoms with Gasteiger partial charge in [0, 0.05) is 25.0 Å². The summed E-state index contributed by atoms with van der Waals surface area (Å²) in [7, 11) is 0. The van der Waals surface area contributed by atoms with Crippen LogP contribution in [0.5, 0.6) is 0 Å². The highest BCUT2D eigenvalue weighted by Crippen LogP contribution is 2.33. The second-order valence-electron chi connectivity index (χ2n) is 7.39. The van der Waals surface area contributed by atoms with Gasteiger partial charge >= 0.3 is 0 Å². The van der Waals surface area contributed by atoms with Crippen molar-refractivity contribution in [2.24, 2.45) is 23.5 Å². The minimum Gasteiger partial charge on any atom is -0.342 e. The first-order valence-corrected chi connectivity index (χ1v) is 9.16. The van der Waals surface area contributed by atoms with Crippen molar-refractivity contribution < 1.29 is 4.79 Å². The van der Waals surface area contributed by atoms with Gasteiger partial charge in [-0.25, -0.2) is 0 Å². The van der Waals surface area contributed by atoms with Gasteiger partial charge in [0.1, 0.15) is 0 Å². The summed E-state index contributed by atoms with van der Waals surface area (Å²) in [4.78, 5) is 15.0. The van der Waals surface area contributed by atoms with Crippen LogP contribution in [0.1, 0.15) is 71.6 Å². The molecule has 1 heterocycles. The van der Waals surface area contributed by atoms with Gasteiger partial charge in [-0.15, -0.1) is 12.4 Å². The number of nitrogens with two attached hydrogens (primary N) is 1. The second-order valence-corrected chi connectivity index (χ2v) is 7.39. The van der Waals surface area contributed by atoms with E-state index in [0.29, 0.717) is 11.8 Å². The van der Waals surface area contributed by atoms with Gasteiger partial charge in [-0.05, 0) is 44.4 Å². The Labute approximate surface area is 142 Å². The van der Waals surface area contributed by atoms with Gasteiger partial charge in [0.25, 0.3) is 0 Å². The van der Waals surface area contributed by atoms with Crippen LogP contribution in [0.15, 0.2) is 0 Å². The molecule has 1 aliphatic heterocycles. The average molecular weight is 331 g/mol. The molecule has 0 aromatic heterocycles. The lowest BCUT2D eigenvalue weighted by Gasteiger charge is -2.36. The van der Waals surface area contributed by atoms with Gasteiger partial charge in [-0.1, -0.05) is 39.0 Å². The molecule has 2 aliphatic rings. The number of hydrogen-bond acceptors (Lipinski definition) is 2. The van der Waals surface area contributed by atoms with E-state index in [2.05, 4.69) is 18.7 Å². The number of hydrogen-bond donors (Lipinski definition) is 1. The van der Waals surface area contributed by atoms with Crippen LogP contribution in [-0.2, 0) is 4.79 Å². The van der Waals surface area contributed by atoms with Crippen LogP contribution < -0.4 is 5.73 Å². The van der Waals surface area contributed by atoms with Crippen LogP contribution in [0.2, 0.25) is 0 Å². The first kappa shape index (κ1) is 19.8. The van der Waals surface area contributed by atoms with Gasteiger partial charge < -0.3 is 10.6 Å². The molecule has 2 unspecified atom stereocenters. The molecule has 0 radical (unpaired) electrons. The zero-order valence-corrected chi connectivity index (χ0v) is 15.2. The molecule has 0 bridgehead atoms. The SMILES string of the molecule is CCCC(CC1CCCC1)C(=O)N1CCC(C(C)N)CC1.Cl. The van der Waals surface area contributed by atoms with E-state index >= 15 is 0 Å². The van der Waals surface area contributed by atoms with Crippen LogP contribution in [0.4, 0.5) is 0 Å². The first-order chi connectivity index (χ1) is 10.1. The van der Waals surface area contributed by atoms with Crippen molar-refractivity contribution in [3.05, 3.63) is 0 Å². The predicted octanol–water partition coefficient (Wildman–Crippen LogP) is 3.99. The fraction of sp³-hybridized carbons (Fsp3) is 0.944. The minimum atomic E-state index is 0. The van der Waals surface area contributed by atoms with E-state index in [1.807, 2.05) is 0 Å². The summed E-state index contributed by atoms with van der Waals surface area (Å²) in [6.45, 7) is 6.16. The van der Waals surface area contributed by atoms with E-state index in [1.165, 1.54) is 25.7 Å². The van der Waals surface area contributed by atoms with Crippen molar-refractivity contribution in [2.75, 3.05) is 13.1 Å². The van der Waals surface area contributed by atoms with Gasteiger partial charge in [0.15, 0.2) is 0 Å². The number of halogens is 1. The molecule has 130 valence electrons. The highest BCUT2D eigenvalue weighted by atomic mass is 35.5. The fourth-order valence-corrected chi connectivity index (χ4v) is 4.24. The topological polar surface area (TPSA) is 46.3 Å². The zero-order chi connectivity index (χ0) is 15.2. The molecule has 1 amide bonds. The van der Waals surface area contributed by atoms with Gasteiger partial charge in [0.2, 0.25) is 5.91 Å². The van der Waals surface area contributed by atoms with Gasteiger partial charge in [-0.3, -0.25) is 4.79 Å². The lowest BCUT2D eigenvalue weighted by molar-refractivity contribution is -0.138. The number of likely N-dealkylation sites (tertiary alicyclic amines) is 1. The van der Waals surface area contributed by atoms with Crippen molar-refractivity contribution in [3.8, 4) is 0 Å². The third kappa shape index (κ3) is 5.42. The Morgan fingerprint density at radius 2 is 1.77 bits per heavy atom. The van der Waals surface area contributed by atoms with E-state index < -0.39 is 0 Å². The molecule has 0 aromatic carbocycles. The summed E-state index contributed by atoms with van der Waals surface area (Å²) in [5, 5.41) is 0. The monoisotopic (exact) mass is 330 g/mol. The lowest BCUT2D eigenvalue weighted by Crippen LogP contribution is -2.45. The maximum absolute atomic E-state index is 12.8. The Morgan fingerprint density at radius 1 is 1.18 bits per heavy atom. The van der Waals surface area contributed by atoms with E-state index in [1.54, 1.807) is 0 Å². The standard InChI is InChI=1S/C18H34N2O.ClH/c1-3-6-17(13-15-7-4-5-8-15)18(21)20-11-9-16(10-12-20)14(2)19;/h14-17H,3-13,19H2,1-2H3;1H. The Bertz CT molecular complexity index is 321. The summed E-state index contributed by atoms with van der Waals surface area (Å²) in [5.41, 5.74) is 6.00. The van der Waals surface area contributed by atoms with E-state index in [0.717, 1.165) is 51.1 Å². The Hall–Kier alpha value is -0.280. The highest BCUT2D eigenvalue weighted by Gasteiger charge is 2.30. The third-order valence-corrected chi connectivity index (χ3v) is 5.67. The van der Waals surface area contributed by atoms with E-state index in [9.17, 15) is 4.79 Å². The molecular weight excluding hydrogens is 296 g/mol. The van der Waals surface area contributed by atoms with E-state index in [-0.39, 0.29) is 24.4 Å². The maximum Gasteiger partial charge on any atom is 0.225 e. The van der Waals surface area contributed by atoms with Crippen molar-refractivity contribution in [1.29, 1.82) is 0 Å². The Kier molecular flexibility index (Phi) is 8.78. The van der Waals surface area contributed by atoms with Gasteiger partial charge in [0.05, 0.1) is 0 Å². The van der Waals surface area contributed by atoms with Gasteiger partial charge in [-0.2, -0.15) is 0 Å². The summed E-state index contributed by atoms with van der Waals surface area (Å²) >= 11 is 0. The lowest BCUT2D eigenvalue weighted by atomic mass is 9.87. The quantitative estimate of drug-likeness (QED) is 0.800. The smallest absolute Gasteiger partial charge is 0.225 e. The average Bonchev–Trinajstić information content (AvgIpc) is 2.99. The zero-order valence-electron chi connectivity index (χ0n) is 14.4. The molecule has 2 atom stereocenters. The van der Waals surface area contributed by atoms with Crippen molar-refractivity contribution in [3.63, 3.8) is 0 Å². The maximum atomic E-state index is 12.8. The first-order valence-electron chi connectivity index (χ1n) is 9.16. The molecule has 3 nitrogen and oxygen atoms in total. The van der Waals surface area contributed by atoms with E-state index in [4.69, 9.17) is 5.73 Å². The van der Waals surface area contributed by atoms with Crippen molar-refractivity contribution >= 4 is 18.3 Å². The molecule has 22 heavy (non-hydrogen) atoms. The number of carbonyl (C=O) groups excluding carboxylic acids is 1. The molecule has 2 N–H and O–H groups in total. The van der Waals surface area contributed by atoms with Crippen LogP contribution in [-0.4, -0.2) is 29.9 Å². The third-order valence-electron chi connectivity index (χ3n) is 5.67. The second kappa shape index (κ2) is 9.77. The minimum absolute atomic E-state index is 0. The molecule has 4 heteroatoms. The number of carbonyl (C=O) groups is 1. The molecule has 1 aliphatic carbocycles. The van der Waals surface area contributed by atoms with Crippen LogP contribution >= 0.6 is 12.4 Å². The summed E-state index contributed by atoms with van der Waals surface area (Å²) in [5.74, 6) is 2.14. The number of amides is 1. The molecular formula is C18H35ClN2O. The largest absolute Gasteiger partial charge is 0.342 e. The molecule has 0 aromatic rings. The fourth-order valence-electron chi connectivity index (χ4n) is 4.24. The Morgan fingerprint density at radius 3 is 2.27 bits per heavy atom. The summed E-state index contributed by atoms with van der Waals surface area (Å²) < 4.78 is 0. The molecule has 2 rings (SSSR count). The molecule has 2 fully saturated rings. The summed E-state index contributed by atoms with van der Waals surface area (Å²) in [6, 6.07) is 0.271. The molecule has 0 spiro atoms. The number of nitrogens with zero attached hydrogens (tertiary/aromatic N) is 1. The van der Waals surface area contributed by atoms with Crippen LogP contribution in [0, 0.1) is 17.8 Å². The highest BCUT2D eigenvalue weighted by molar-refractivity contribution is 5.85. The number of piperidine rings is 1. The molecule has 1 saturated heterocycles. The van der Waals surface area contributed by atoms with Crippen LogP contribution in [0.25, 0.3) is 0 Å². The van der Waals surface area contributed by atoms with Crippen molar-refractivity contribution in [2.45, 2.75) is 77.7 Å². The normalized spacial score (nSPS) is 23.1. The van der Waals surface area contributed by atoms with Crippen LogP contribution in [0.3, 0.4) is 0 Å².